The van der Waals surface area contributed by atoms with Gasteiger partial charge in [-0.15, -0.1) is 0 Å². The fourth-order valence-electron chi connectivity index (χ4n) is 1.75. The molecular formula is C14H20BrNO. The number of hydrogen-bond donors (Lipinski definition) is 1. The van der Waals surface area contributed by atoms with Gasteiger partial charge in [0, 0.05) is 17.3 Å². The predicted molar refractivity (Wildman–Crippen MR) is 74.9 cm³/mol. The van der Waals surface area contributed by atoms with Crippen LogP contribution in [0.5, 0.6) is 0 Å². The van der Waals surface area contributed by atoms with Crippen LogP contribution in [0.3, 0.4) is 0 Å². The molecule has 94 valence electrons. The lowest BCUT2D eigenvalue weighted by atomic mass is 9.98. The van der Waals surface area contributed by atoms with Gasteiger partial charge in [0.05, 0.1) is 0 Å². The van der Waals surface area contributed by atoms with E-state index in [1.165, 1.54) is 0 Å². The van der Waals surface area contributed by atoms with Gasteiger partial charge < -0.3 is 5.73 Å². The Hall–Kier alpha value is -0.670. The zero-order chi connectivity index (χ0) is 12.7. The molecule has 3 heteroatoms. The van der Waals surface area contributed by atoms with E-state index < -0.39 is 0 Å². The topological polar surface area (TPSA) is 43.1 Å². The Kier molecular flexibility index (Phi) is 6.45. The van der Waals surface area contributed by atoms with Crippen molar-refractivity contribution in [3.8, 4) is 0 Å². The summed E-state index contributed by atoms with van der Waals surface area (Å²) >= 11 is 3.38. The molecule has 0 saturated carbocycles. The molecule has 0 heterocycles. The van der Waals surface area contributed by atoms with Gasteiger partial charge in [0.25, 0.3) is 0 Å². The maximum absolute atomic E-state index is 11.8. The minimum Gasteiger partial charge on any atom is -0.330 e. The maximum Gasteiger partial charge on any atom is 0.137 e. The summed E-state index contributed by atoms with van der Waals surface area (Å²) in [4.78, 5) is 11.8. The van der Waals surface area contributed by atoms with E-state index >= 15 is 0 Å². The molecule has 0 radical (unpaired) electrons. The molecule has 2 N–H and O–H groups in total. The van der Waals surface area contributed by atoms with Gasteiger partial charge in [-0.25, -0.2) is 0 Å². The Morgan fingerprint density at radius 2 is 1.94 bits per heavy atom. The second kappa shape index (κ2) is 7.62. The third-order valence-corrected chi connectivity index (χ3v) is 3.42. The van der Waals surface area contributed by atoms with Gasteiger partial charge in [-0.2, -0.15) is 0 Å². The number of hydrogen-bond acceptors (Lipinski definition) is 2. The minimum atomic E-state index is 0.316. The van der Waals surface area contributed by atoms with Crippen molar-refractivity contribution >= 4 is 21.7 Å². The number of Topliss-reactive ketones (excluding diaryl/α,β-unsaturated/α-hetero) is 1. The van der Waals surface area contributed by atoms with Gasteiger partial charge >= 0.3 is 0 Å². The molecule has 1 atom stereocenters. The first-order chi connectivity index (χ1) is 8.11. The minimum absolute atomic E-state index is 0.316. The van der Waals surface area contributed by atoms with Crippen molar-refractivity contribution in [2.24, 2.45) is 11.7 Å². The van der Waals surface area contributed by atoms with Crippen LogP contribution in [-0.2, 0) is 11.2 Å². The van der Waals surface area contributed by atoms with Gasteiger partial charge in [0.15, 0.2) is 0 Å². The Balaban J connectivity index is 2.32. The molecule has 0 aliphatic carbocycles. The molecule has 1 aromatic rings. The highest BCUT2D eigenvalue weighted by Gasteiger charge is 2.07. The van der Waals surface area contributed by atoms with Gasteiger partial charge in [-0.1, -0.05) is 35.0 Å². The fourth-order valence-corrected chi connectivity index (χ4v) is 2.02. The molecule has 17 heavy (non-hydrogen) atoms. The van der Waals surface area contributed by atoms with E-state index in [4.69, 9.17) is 5.73 Å². The van der Waals surface area contributed by atoms with Crippen LogP contribution in [0, 0.1) is 5.92 Å². The van der Waals surface area contributed by atoms with Crippen LogP contribution in [0.25, 0.3) is 0 Å². The highest BCUT2D eigenvalue weighted by Crippen LogP contribution is 2.14. The number of carbonyl (C=O) groups excluding carboxylic acids is 1. The number of carbonyl (C=O) groups is 1. The lowest BCUT2D eigenvalue weighted by Crippen LogP contribution is -2.09. The highest BCUT2D eigenvalue weighted by atomic mass is 79.9. The van der Waals surface area contributed by atoms with Crippen LogP contribution < -0.4 is 5.73 Å². The van der Waals surface area contributed by atoms with E-state index in [2.05, 4.69) is 22.9 Å². The normalized spacial score (nSPS) is 12.4. The average molecular weight is 298 g/mol. The van der Waals surface area contributed by atoms with Gasteiger partial charge in [-0.3, -0.25) is 4.79 Å². The summed E-state index contributed by atoms with van der Waals surface area (Å²) in [6.07, 6.45) is 3.16. The quantitative estimate of drug-likeness (QED) is 0.839. The zero-order valence-corrected chi connectivity index (χ0v) is 11.9. The van der Waals surface area contributed by atoms with Crippen LogP contribution in [0.15, 0.2) is 28.7 Å². The molecule has 1 aromatic carbocycles. The Morgan fingerprint density at radius 3 is 2.53 bits per heavy atom. The van der Waals surface area contributed by atoms with E-state index in [1.54, 1.807) is 0 Å². The second-order valence-corrected chi connectivity index (χ2v) is 5.48. The fraction of sp³-hybridized carbons (Fsp3) is 0.500. The van der Waals surface area contributed by atoms with Crippen molar-refractivity contribution in [3.63, 3.8) is 0 Å². The molecule has 0 aromatic heterocycles. The van der Waals surface area contributed by atoms with Crippen LogP contribution in [0.2, 0.25) is 0 Å². The Labute approximate surface area is 112 Å². The summed E-state index contributed by atoms with van der Waals surface area (Å²) < 4.78 is 1.05. The standard InChI is InChI=1S/C14H20BrNO/c1-11(8-9-16)2-7-14(17)10-12-3-5-13(15)6-4-12/h3-6,11H,2,7-10,16H2,1H3. The smallest absolute Gasteiger partial charge is 0.137 e. The first-order valence-corrected chi connectivity index (χ1v) is 6.87. The monoisotopic (exact) mass is 297 g/mol. The van der Waals surface area contributed by atoms with E-state index in [9.17, 15) is 4.79 Å². The summed E-state index contributed by atoms with van der Waals surface area (Å²) in [5, 5.41) is 0. The molecule has 0 fully saturated rings. The first-order valence-electron chi connectivity index (χ1n) is 6.08. The summed E-state index contributed by atoms with van der Waals surface area (Å²) in [7, 11) is 0. The lowest BCUT2D eigenvalue weighted by Gasteiger charge is -2.08. The Morgan fingerprint density at radius 1 is 1.29 bits per heavy atom. The summed E-state index contributed by atoms with van der Waals surface area (Å²) in [6, 6.07) is 7.93. The van der Waals surface area contributed by atoms with E-state index in [0.29, 0.717) is 31.1 Å². The van der Waals surface area contributed by atoms with Gasteiger partial charge in [0.2, 0.25) is 0 Å². The van der Waals surface area contributed by atoms with Crippen LogP contribution >= 0.6 is 15.9 Å². The summed E-state index contributed by atoms with van der Waals surface area (Å²) in [5.74, 6) is 0.866. The molecule has 0 bridgehead atoms. The molecule has 1 unspecified atom stereocenters. The van der Waals surface area contributed by atoms with Crippen LogP contribution in [-0.4, -0.2) is 12.3 Å². The number of rotatable bonds is 7. The number of ketones is 1. The van der Waals surface area contributed by atoms with Crippen molar-refractivity contribution in [1.29, 1.82) is 0 Å². The molecular weight excluding hydrogens is 278 g/mol. The van der Waals surface area contributed by atoms with E-state index in [-0.39, 0.29) is 0 Å². The van der Waals surface area contributed by atoms with Crippen molar-refractivity contribution < 1.29 is 4.79 Å². The molecule has 0 spiro atoms. The lowest BCUT2D eigenvalue weighted by molar-refractivity contribution is -0.118. The van der Waals surface area contributed by atoms with Crippen LogP contribution in [0.1, 0.15) is 31.7 Å². The molecule has 0 saturated heterocycles. The van der Waals surface area contributed by atoms with Crippen molar-refractivity contribution in [3.05, 3.63) is 34.3 Å². The van der Waals surface area contributed by atoms with Gasteiger partial charge in [0.1, 0.15) is 5.78 Å². The van der Waals surface area contributed by atoms with Crippen molar-refractivity contribution in [2.45, 2.75) is 32.6 Å². The third-order valence-electron chi connectivity index (χ3n) is 2.89. The number of benzene rings is 1. The number of nitrogens with two attached hydrogens (primary N) is 1. The van der Waals surface area contributed by atoms with Crippen molar-refractivity contribution in [1.82, 2.24) is 0 Å². The second-order valence-electron chi connectivity index (χ2n) is 4.56. The summed E-state index contributed by atoms with van der Waals surface area (Å²) in [5.41, 5.74) is 6.57. The largest absolute Gasteiger partial charge is 0.330 e. The zero-order valence-electron chi connectivity index (χ0n) is 10.3. The summed E-state index contributed by atoms with van der Waals surface area (Å²) in [6.45, 7) is 2.86. The average Bonchev–Trinajstić information content (AvgIpc) is 2.30. The van der Waals surface area contributed by atoms with E-state index in [1.807, 2.05) is 24.3 Å². The first kappa shape index (κ1) is 14.4. The molecule has 2 nitrogen and oxygen atoms in total. The maximum atomic E-state index is 11.8. The molecule has 1 rings (SSSR count). The number of halogens is 1. The highest BCUT2D eigenvalue weighted by molar-refractivity contribution is 9.10. The van der Waals surface area contributed by atoms with E-state index in [0.717, 1.165) is 22.9 Å². The molecule has 0 aliphatic rings. The molecule has 0 amide bonds. The van der Waals surface area contributed by atoms with Gasteiger partial charge in [-0.05, 0) is 43.0 Å². The van der Waals surface area contributed by atoms with Crippen LogP contribution in [0.4, 0.5) is 0 Å². The third kappa shape index (κ3) is 5.99. The predicted octanol–water partition coefficient (Wildman–Crippen LogP) is 3.33. The molecule has 0 aliphatic heterocycles. The SMILES string of the molecule is CC(CCN)CCC(=O)Cc1ccc(Br)cc1. The Bertz CT molecular complexity index is 348. The van der Waals surface area contributed by atoms with Crippen molar-refractivity contribution in [2.75, 3.05) is 6.54 Å².